The molecule has 0 unspecified atom stereocenters. The second kappa shape index (κ2) is 10.1. The first kappa shape index (κ1) is 24.5. The highest BCUT2D eigenvalue weighted by Crippen LogP contribution is 2.43. The minimum Gasteiger partial charge on any atom is -0.495 e. The number of nitrogens with two attached hydrogens (primary N) is 1. The molecule has 5 aromatic rings. The van der Waals surface area contributed by atoms with Crippen molar-refractivity contribution >= 4 is 28.4 Å². The molecule has 0 radical (unpaired) electrons. The minimum absolute atomic E-state index is 0.326. The highest BCUT2D eigenvalue weighted by Gasteiger charge is 2.23. The zero-order chi connectivity index (χ0) is 26.8. The third-order valence-electron chi connectivity index (χ3n) is 6.14. The fraction of sp³-hybridized carbons (Fsp3) is 0.103. The second-order valence-electron chi connectivity index (χ2n) is 8.59. The predicted molar refractivity (Wildman–Crippen MR) is 148 cm³/mol. The van der Waals surface area contributed by atoms with E-state index >= 15 is 0 Å². The molecule has 2 aromatic carbocycles. The van der Waals surface area contributed by atoms with Gasteiger partial charge in [0.2, 0.25) is 11.8 Å². The number of aromatic nitrogens is 4. The van der Waals surface area contributed by atoms with Crippen LogP contribution >= 0.6 is 0 Å². The van der Waals surface area contributed by atoms with Crippen molar-refractivity contribution in [2.45, 2.75) is 6.92 Å². The summed E-state index contributed by atoms with van der Waals surface area (Å²) in [5.41, 5.74) is 11.9. The number of nitrogens with zero attached hydrogens (tertiary/aromatic N) is 4. The smallest absolute Gasteiger partial charge is 0.247 e. The van der Waals surface area contributed by atoms with Gasteiger partial charge in [0.1, 0.15) is 29.3 Å². The lowest BCUT2D eigenvalue weighted by Gasteiger charge is -2.14. The number of aryl methyl sites for hydroxylation is 2. The third kappa shape index (κ3) is 4.53. The molecule has 3 heterocycles. The molecule has 9 nitrogen and oxygen atoms in total. The van der Waals surface area contributed by atoms with Crippen molar-refractivity contribution in [1.29, 1.82) is 0 Å². The third-order valence-corrected chi connectivity index (χ3v) is 6.14. The molecule has 5 rings (SSSR count). The van der Waals surface area contributed by atoms with Crippen LogP contribution in [-0.4, -0.2) is 32.5 Å². The van der Waals surface area contributed by atoms with Crippen LogP contribution in [-0.2, 0) is 11.8 Å². The quantitative estimate of drug-likeness (QED) is 0.279. The van der Waals surface area contributed by atoms with Crippen molar-refractivity contribution in [3.63, 3.8) is 0 Å². The Morgan fingerprint density at radius 1 is 1.08 bits per heavy atom. The number of pyridine rings is 1. The zero-order valence-corrected chi connectivity index (χ0v) is 21.2. The van der Waals surface area contributed by atoms with E-state index < -0.39 is 0 Å². The summed E-state index contributed by atoms with van der Waals surface area (Å²) in [4.78, 5) is 25.0. The standard InChI is InChI=1S/C29H26N6O3/c1-5-23(36)34-21-14-11-19(15-22(21)37-4)27-25(26-28(30)31-16-32-29(26)35(27)3)18-9-12-20(13-10-18)38-24-8-6-7-17(2)33-24/h5-16H,1H2,2-4H3,(H,34,36)(H2,30,31,32). The van der Waals surface area contributed by atoms with Crippen LogP contribution in [0.1, 0.15) is 5.69 Å². The van der Waals surface area contributed by atoms with Gasteiger partial charge in [-0.1, -0.05) is 30.8 Å². The van der Waals surface area contributed by atoms with Crippen LogP contribution in [0.3, 0.4) is 0 Å². The number of hydrogen-bond acceptors (Lipinski definition) is 7. The number of carbonyl (C=O) groups is 1. The fourth-order valence-corrected chi connectivity index (χ4v) is 4.41. The summed E-state index contributed by atoms with van der Waals surface area (Å²) in [7, 11) is 3.48. The maximum absolute atomic E-state index is 11.9. The van der Waals surface area contributed by atoms with Gasteiger partial charge in [-0.15, -0.1) is 0 Å². The summed E-state index contributed by atoms with van der Waals surface area (Å²) in [6, 6.07) is 18.9. The fourth-order valence-electron chi connectivity index (χ4n) is 4.41. The molecule has 0 saturated heterocycles. The van der Waals surface area contributed by atoms with Crippen LogP contribution in [0.4, 0.5) is 11.5 Å². The molecule has 190 valence electrons. The van der Waals surface area contributed by atoms with Gasteiger partial charge < -0.3 is 25.1 Å². The summed E-state index contributed by atoms with van der Waals surface area (Å²) in [6.45, 7) is 5.42. The maximum Gasteiger partial charge on any atom is 0.247 e. The van der Waals surface area contributed by atoms with Crippen LogP contribution in [0.5, 0.6) is 17.4 Å². The maximum atomic E-state index is 11.9. The first-order valence-corrected chi connectivity index (χ1v) is 11.8. The number of hydrogen-bond donors (Lipinski definition) is 2. The minimum atomic E-state index is -0.326. The average molecular weight is 507 g/mol. The monoisotopic (exact) mass is 506 g/mol. The van der Waals surface area contributed by atoms with E-state index in [9.17, 15) is 4.79 Å². The number of fused-ring (bicyclic) bond motifs is 1. The molecule has 0 aliphatic rings. The Balaban J connectivity index is 1.63. The normalized spacial score (nSPS) is 10.8. The lowest BCUT2D eigenvalue weighted by atomic mass is 9.98. The van der Waals surface area contributed by atoms with Crippen LogP contribution < -0.4 is 20.5 Å². The van der Waals surface area contributed by atoms with E-state index in [1.165, 1.54) is 12.4 Å². The molecule has 3 aromatic heterocycles. The number of nitrogens with one attached hydrogen (secondary N) is 1. The van der Waals surface area contributed by atoms with E-state index in [4.69, 9.17) is 15.2 Å². The second-order valence-corrected chi connectivity index (χ2v) is 8.59. The van der Waals surface area contributed by atoms with E-state index in [0.29, 0.717) is 34.5 Å². The molecule has 0 aliphatic carbocycles. The topological polar surface area (TPSA) is 117 Å². The van der Waals surface area contributed by atoms with Gasteiger partial charge in [0.15, 0.2) is 0 Å². The van der Waals surface area contributed by atoms with Gasteiger partial charge in [-0.05, 0) is 48.9 Å². The molecule has 9 heteroatoms. The van der Waals surface area contributed by atoms with Gasteiger partial charge in [-0.2, -0.15) is 0 Å². The summed E-state index contributed by atoms with van der Waals surface area (Å²) in [5.74, 6) is 1.73. The molecule has 3 N–H and O–H groups in total. The van der Waals surface area contributed by atoms with Crippen LogP contribution in [0.2, 0.25) is 0 Å². The Bertz CT molecular complexity index is 1670. The number of amides is 1. The molecular formula is C29H26N6O3. The number of carbonyl (C=O) groups excluding carboxylic acids is 1. The first-order valence-electron chi connectivity index (χ1n) is 11.8. The predicted octanol–water partition coefficient (Wildman–Crippen LogP) is 5.51. The van der Waals surface area contributed by atoms with Gasteiger partial charge in [-0.3, -0.25) is 4.79 Å². The largest absolute Gasteiger partial charge is 0.495 e. The Morgan fingerprint density at radius 3 is 2.55 bits per heavy atom. The van der Waals surface area contributed by atoms with E-state index in [1.54, 1.807) is 13.2 Å². The van der Waals surface area contributed by atoms with Gasteiger partial charge >= 0.3 is 0 Å². The van der Waals surface area contributed by atoms with Crippen LogP contribution in [0, 0.1) is 6.92 Å². The first-order chi connectivity index (χ1) is 18.4. The van der Waals surface area contributed by atoms with Gasteiger partial charge in [0.25, 0.3) is 0 Å². The molecule has 38 heavy (non-hydrogen) atoms. The van der Waals surface area contributed by atoms with Crippen molar-refractivity contribution in [1.82, 2.24) is 19.5 Å². The van der Waals surface area contributed by atoms with E-state index in [1.807, 2.05) is 73.1 Å². The van der Waals surface area contributed by atoms with E-state index in [0.717, 1.165) is 33.5 Å². The van der Waals surface area contributed by atoms with Crippen molar-refractivity contribution in [3.8, 4) is 39.8 Å². The van der Waals surface area contributed by atoms with Crippen LogP contribution in [0.15, 0.2) is 79.6 Å². The van der Waals surface area contributed by atoms with Gasteiger partial charge in [-0.25, -0.2) is 15.0 Å². The molecular weight excluding hydrogens is 480 g/mol. The lowest BCUT2D eigenvalue weighted by Crippen LogP contribution is -2.08. The zero-order valence-electron chi connectivity index (χ0n) is 21.2. The summed E-state index contributed by atoms with van der Waals surface area (Å²) < 4.78 is 13.5. The SMILES string of the molecule is C=CC(=O)Nc1ccc(-c2c(-c3ccc(Oc4cccc(C)n4)cc3)c3c(N)ncnc3n2C)cc1OC. The van der Waals surface area contributed by atoms with Crippen molar-refractivity contribution in [3.05, 3.63) is 85.3 Å². The van der Waals surface area contributed by atoms with Crippen molar-refractivity contribution in [2.75, 3.05) is 18.2 Å². The molecule has 0 atom stereocenters. The number of nitrogen functional groups attached to an aromatic ring is 1. The molecule has 0 fully saturated rings. The van der Waals surface area contributed by atoms with Crippen molar-refractivity contribution < 1.29 is 14.3 Å². The number of benzene rings is 2. The molecule has 0 bridgehead atoms. The van der Waals surface area contributed by atoms with E-state index in [-0.39, 0.29) is 5.91 Å². The van der Waals surface area contributed by atoms with E-state index in [2.05, 4.69) is 26.8 Å². The molecule has 0 saturated carbocycles. The number of anilines is 2. The van der Waals surface area contributed by atoms with Gasteiger partial charge in [0.05, 0.1) is 23.9 Å². The highest BCUT2D eigenvalue weighted by molar-refractivity contribution is 6.08. The average Bonchev–Trinajstić information content (AvgIpc) is 3.22. The number of ether oxygens (including phenoxy) is 2. The lowest BCUT2D eigenvalue weighted by molar-refractivity contribution is -0.111. The highest BCUT2D eigenvalue weighted by atomic mass is 16.5. The van der Waals surface area contributed by atoms with Crippen LogP contribution in [0.25, 0.3) is 33.4 Å². The molecule has 0 spiro atoms. The van der Waals surface area contributed by atoms with Crippen molar-refractivity contribution in [2.24, 2.45) is 7.05 Å². The Hall–Kier alpha value is -5.18. The molecule has 1 amide bonds. The molecule has 0 aliphatic heterocycles. The summed E-state index contributed by atoms with van der Waals surface area (Å²) in [5, 5.41) is 3.50. The Labute approximate surface area is 219 Å². The summed E-state index contributed by atoms with van der Waals surface area (Å²) in [6.07, 6.45) is 2.66. The summed E-state index contributed by atoms with van der Waals surface area (Å²) >= 11 is 0. The number of rotatable bonds is 7. The Kier molecular flexibility index (Phi) is 6.49. The Morgan fingerprint density at radius 2 is 1.84 bits per heavy atom. The van der Waals surface area contributed by atoms with Gasteiger partial charge in [0, 0.05) is 29.9 Å². The number of methoxy groups -OCH3 is 1.